The first-order valence-corrected chi connectivity index (χ1v) is 9.82. The van der Waals surface area contributed by atoms with Gasteiger partial charge in [-0.25, -0.2) is 4.98 Å². The summed E-state index contributed by atoms with van der Waals surface area (Å²) in [5.41, 5.74) is 4.92. The normalized spacial score (nSPS) is 14.3. The highest BCUT2D eigenvalue weighted by Gasteiger charge is 2.29. The van der Waals surface area contributed by atoms with Crippen molar-refractivity contribution in [3.05, 3.63) is 59.4 Å². The number of hydrogen-bond donors (Lipinski definition) is 0. The van der Waals surface area contributed by atoms with Crippen LogP contribution in [0.15, 0.2) is 42.5 Å². The summed E-state index contributed by atoms with van der Waals surface area (Å²) in [5.74, 6) is 3.44. The zero-order valence-corrected chi connectivity index (χ0v) is 16.0. The molecule has 0 saturated heterocycles. The molecule has 1 heterocycles. The van der Waals surface area contributed by atoms with Gasteiger partial charge in [-0.15, -0.1) is 0 Å². The summed E-state index contributed by atoms with van der Waals surface area (Å²) in [6.07, 6.45) is 3.55. The molecule has 3 aromatic rings. The van der Waals surface area contributed by atoms with Gasteiger partial charge in [-0.2, -0.15) is 0 Å². The average molecular weight is 348 g/mol. The quantitative estimate of drug-likeness (QED) is 0.503. The Hall–Kier alpha value is -2.29. The predicted octanol–water partition coefficient (Wildman–Crippen LogP) is 5.81. The summed E-state index contributed by atoms with van der Waals surface area (Å²) in [7, 11) is 0. The Morgan fingerprint density at radius 1 is 1.15 bits per heavy atom. The van der Waals surface area contributed by atoms with Gasteiger partial charge in [0.2, 0.25) is 0 Å². The summed E-state index contributed by atoms with van der Waals surface area (Å²) < 4.78 is 8.58. The zero-order chi connectivity index (χ0) is 18.1. The number of benzene rings is 2. The van der Waals surface area contributed by atoms with E-state index in [1.54, 1.807) is 0 Å². The fourth-order valence-electron chi connectivity index (χ4n) is 3.63. The van der Waals surface area contributed by atoms with E-state index in [9.17, 15) is 0 Å². The highest BCUT2D eigenvalue weighted by Crippen LogP contribution is 2.40. The van der Waals surface area contributed by atoms with E-state index in [2.05, 4.69) is 67.8 Å². The van der Waals surface area contributed by atoms with E-state index in [0.717, 1.165) is 30.8 Å². The number of aromatic nitrogens is 2. The van der Waals surface area contributed by atoms with Gasteiger partial charge in [0.25, 0.3) is 0 Å². The molecule has 1 aromatic heterocycles. The molecule has 0 unspecified atom stereocenters. The molecule has 1 aliphatic rings. The third-order valence-electron chi connectivity index (χ3n) is 5.20. The predicted molar refractivity (Wildman–Crippen MR) is 107 cm³/mol. The lowest BCUT2D eigenvalue weighted by atomic mass is 10.0. The Morgan fingerprint density at radius 3 is 2.73 bits per heavy atom. The van der Waals surface area contributed by atoms with Gasteiger partial charge in [0.15, 0.2) is 0 Å². The van der Waals surface area contributed by atoms with Gasteiger partial charge in [0.05, 0.1) is 17.6 Å². The van der Waals surface area contributed by atoms with E-state index in [1.807, 2.05) is 0 Å². The smallest absolute Gasteiger partial charge is 0.123 e. The van der Waals surface area contributed by atoms with Crippen LogP contribution < -0.4 is 4.74 Å². The van der Waals surface area contributed by atoms with Crippen LogP contribution in [0.3, 0.4) is 0 Å². The van der Waals surface area contributed by atoms with Crippen molar-refractivity contribution in [1.82, 2.24) is 9.55 Å². The van der Waals surface area contributed by atoms with Gasteiger partial charge in [0, 0.05) is 12.5 Å². The molecule has 3 heteroatoms. The minimum atomic E-state index is 0.477. The molecule has 0 amide bonds. The fourth-order valence-corrected chi connectivity index (χ4v) is 3.63. The fraction of sp³-hybridized carbons (Fsp3) is 0.435. The van der Waals surface area contributed by atoms with Crippen molar-refractivity contribution in [2.24, 2.45) is 0 Å². The monoisotopic (exact) mass is 348 g/mol. The molecule has 1 saturated carbocycles. The van der Waals surface area contributed by atoms with Crippen molar-refractivity contribution in [1.29, 1.82) is 0 Å². The largest absolute Gasteiger partial charge is 0.493 e. The first-order chi connectivity index (χ1) is 12.6. The van der Waals surface area contributed by atoms with Crippen LogP contribution in [0.25, 0.3) is 11.0 Å². The standard InChI is InChI=1S/C23H28N2O/c1-16(2)19-12-9-17(3)15-22(19)26-14-6-13-25-21-8-5-4-7-20(21)24-23(25)18-10-11-18/h4-5,7-9,12,15-16,18H,6,10-11,13-14H2,1-3H3. The Labute approximate surface area is 156 Å². The second kappa shape index (κ2) is 7.14. The maximum atomic E-state index is 6.17. The number of nitrogens with zero attached hydrogens (tertiary/aromatic N) is 2. The number of hydrogen-bond acceptors (Lipinski definition) is 2. The number of aryl methyl sites for hydroxylation is 2. The van der Waals surface area contributed by atoms with Crippen molar-refractivity contribution in [3.63, 3.8) is 0 Å². The second-order valence-electron chi connectivity index (χ2n) is 7.78. The summed E-state index contributed by atoms with van der Waals surface area (Å²) in [4.78, 5) is 4.88. The van der Waals surface area contributed by atoms with Crippen LogP contribution in [0.5, 0.6) is 5.75 Å². The van der Waals surface area contributed by atoms with E-state index in [4.69, 9.17) is 9.72 Å². The molecule has 26 heavy (non-hydrogen) atoms. The minimum absolute atomic E-state index is 0.477. The van der Waals surface area contributed by atoms with Crippen molar-refractivity contribution in [2.45, 2.75) is 58.4 Å². The topological polar surface area (TPSA) is 27.1 Å². The average Bonchev–Trinajstić information content (AvgIpc) is 3.40. The van der Waals surface area contributed by atoms with Crippen LogP contribution in [-0.2, 0) is 6.54 Å². The molecule has 0 aliphatic heterocycles. The van der Waals surface area contributed by atoms with Crippen molar-refractivity contribution >= 4 is 11.0 Å². The Balaban J connectivity index is 1.45. The van der Waals surface area contributed by atoms with Crippen LogP contribution in [0.2, 0.25) is 0 Å². The first-order valence-electron chi connectivity index (χ1n) is 9.82. The molecule has 136 valence electrons. The lowest BCUT2D eigenvalue weighted by Crippen LogP contribution is -2.08. The van der Waals surface area contributed by atoms with Crippen LogP contribution >= 0.6 is 0 Å². The molecule has 4 rings (SSSR count). The molecule has 0 atom stereocenters. The van der Waals surface area contributed by atoms with Crippen LogP contribution in [-0.4, -0.2) is 16.2 Å². The number of fused-ring (bicyclic) bond motifs is 1. The zero-order valence-electron chi connectivity index (χ0n) is 16.0. The molecule has 0 spiro atoms. The Kier molecular flexibility index (Phi) is 4.71. The van der Waals surface area contributed by atoms with Crippen LogP contribution in [0.1, 0.15) is 61.9 Å². The molecule has 1 aliphatic carbocycles. The van der Waals surface area contributed by atoms with Gasteiger partial charge in [-0.05, 0) is 61.4 Å². The molecule has 3 nitrogen and oxygen atoms in total. The molecule has 0 radical (unpaired) electrons. The van der Waals surface area contributed by atoms with Crippen molar-refractivity contribution in [3.8, 4) is 5.75 Å². The summed E-state index contributed by atoms with van der Waals surface area (Å²) in [6, 6.07) is 15.0. The first kappa shape index (κ1) is 17.1. The molecular formula is C23H28N2O. The van der Waals surface area contributed by atoms with E-state index >= 15 is 0 Å². The Morgan fingerprint density at radius 2 is 1.96 bits per heavy atom. The SMILES string of the molecule is Cc1ccc(C(C)C)c(OCCCn2c(C3CC3)nc3ccccc32)c1. The summed E-state index contributed by atoms with van der Waals surface area (Å²) >= 11 is 0. The van der Waals surface area contributed by atoms with Crippen LogP contribution in [0, 0.1) is 6.92 Å². The van der Waals surface area contributed by atoms with Crippen LogP contribution in [0.4, 0.5) is 0 Å². The van der Waals surface area contributed by atoms with Crippen molar-refractivity contribution < 1.29 is 4.74 Å². The summed E-state index contributed by atoms with van der Waals surface area (Å²) in [5, 5.41) is 0. The lowest BCUT2D eigenvalue weighted by molar-refractivity contribution is 0.297. The molecule has 1 fully saturated rings. The third-order valence-corrected chi connectivity index (χ3v) is 5.20. The highest BCUT2D eigenvalue weighted by atomic mass is 16.5. The minimum Gasteiger partial charge on any atom is -0.493 e. The number of imidazole rings is 1. The van der Waals surface area contributed by atoms with Gasteiger partial charge < -0.3 is 9.30 Å². The lowest BCUT2D eigenvalue weighted by Gasteiger charge is -2.15. The van der Waals surface area contributed by atoms with E-state index < -0.39 is 0 Å². The van der Waals surface area contributed by atoms with E-state index in [-0.39, 0.29) is 0 Å². The maximum Gasteiger partial charge on any atom is 0.123 e. The molecule has 2 aromatic carbocycles. The number of para-hydroxylation sites is 2. The van der Waals surface area contributed by atoms with E-state index in [1.165, 1.54) is 35.3 Å². The van der Waals surface area contributed by atoms with Gasteiger partial charge >= 0.3 is 0 Å². The van der Waals surface area contributed by atoms with Gasteiger partial charge in [-0.1, -0.05) is 38.1 Å². The number of rotatable bonds is 7. The van der Waals surface area contributed by atoms with Gasteiger partial charge in [-0.3, -0.25) is 0 Å². The Bertz CT molecular complexity index is 906. The number of ether oxygens (including phenoxy) is 1. The molecule has 0 N–H and O–H groups in total. The second-order valence-corrected chi connectivity index (χ2v) is 7.78. The maximum absolute atomic E-state index is 6.17. The highest BCUT2D eigenvalue weighted by molar-refractivity contribution is 5.76. The van der Waals surface area contributed by atoms with E-state index in [0.29, 0.717) is 11.8 Å². The molecular weight excluding hydrogens is 320 g/mol. The molecule has 0 bridgehead atoms. The van der Waals surface area contributed by atoms with Gasteiger partial charge in [0.1, 0.15) is 11.6 Å². The summed E-state index contributed by atoms with van der Waals surface area (Å²) in [6.45, 7) is 8.26. The van der Waals surface area contributed by atoms with Crippen molar-refractivity contribution in [2.75, 3.05) is 6.61 Å². The third kappa shape index (κ3) is 3.48.